The monoisotopic (exact) mass is 950 g/mol. The zero-order valence-corrected chi connectivity index (χ0v) is 39.1. The van der Waals surface area contributed by atoms with Crippen molar-refractivity contribution in [1.82, 2.24) is 0 Å². The third-order valence-electron chi connectivity index (χ3n) is 11.4. The summed E-state index contributed by atoms with van der Waals surface area (Å²) >= 11 is 0. The Bertz CT molecular complexity index is 2450. The number of anilines is 1. The Morgan fingerprint density at radius 1 is 0.719 bits per heavy atom. The summed E-state index contributed by atoms with van der Waals surface area (Å²) in [6, 6.07) is 8.39. The Morgan fingerprint density at radius 3 is 1.97 bits per heavy atom. The fraction of sp³-hybridized carbons (Fsp3) is 0.500. The second kappa shape index (κ2) is 23.4. The lowest BCUT2D eigenvalue weighted by Crippen LogP contribution is -2.32. The van der Waals surface area contributed by atoms with Gasteiger partial charge in [-0.1, -0.05) is 36.8 Å². The quantitative estimate of drug-likeness (QED) is 0.0517. The zero-order valence-electron chi connectivity index (χ0n) is 36.6. The number of nitrogens with zero attached hydrogens (tertiary/aromatic N) is 2. The number of aliphatic carboxylic acids is 1. The fourth-order valence-electron chi connectivity index (χ4n) is 8.12. The Morgan fingerprint density at radius 2 is 1.33 bits per heavy atom. The molecule has 0 saturated heterocycles. The predicted octanol–water partition coefficient (Wildman–Crippen LogP) is 4.87. The number of ether oxygens (including phenoxy) is 4. The molecule has 0 bridgehead atoms. The minimum absolute atomic E-state index is 0.0234. The number of hydrogen-bond donors (Lipinski definition) is 1. The zero-order chi connectivity index (χ0) is 47.2. The van der Waals surface area contributed by atoms with Crippen molar-refractivity contribution < 1.29 is 72.3 Å². The summed E-state index contributed by atoms with van der Waals surface area (Å²) in [6.45, 7) is 6.66. The van der Waals surface area contributed by atoms with Gasteiger partial charge in [-0.05, 0) is 87.9 Å². The first-order chi connectivity index (χ1) is 30.2. The maximum absolute atomic E-state index is 12.2. The van der Waals surface area contributed by atoms with E-state index in [-0.39, 0.29) is 37.4 Å². The highest BCUT2D eigenvalue weighted by molar-refractivity contribution is 7.86. The van der Waals surface area contributed by atoms with E-state index in [0.29, 0.717) is 87.7 Å². The number of carboxylic acid groups (broad SMARTS) is 1. The molecule has 0 saturated carbocycles. The number of hydrogen-bond acceptors (Lipinski definition) is 15. The maximum atomic E-state index is 12.2. The molecule has 0 aliphatic carbocycles. The number of allylic oxidation sites excluding steroid dienone is 8. The van der Waals surface area contributed by atoms with Gasteiger partial charge in [0.15, 0.2) is 12.3 Å². The molecular formula is C44H58N2O15S3-2. The van der Waals surface area contributed by atoms with Crippen molar-refractivity contribution in [1.29, 1.82) is 0 Å². The van der Waals surface area contributed by atoms with Gasteiger partial charge in [-0.2, -0.15) is 4.58 Å². The van der Waals surface area contributed by atoms with Gasteiger partial charge in [-0.15, -0.1) is 0 Å². The van der Waals surface area contributed by atoms with E-state index in [1.54, 1.807) is 50.5 Å². The van der Waals surface area contributed by atoms with E-state index in [0.717, 1.165) is 11.4 Å². The first kappa shape index (κ1) is 52.5. The third kappa shape index (κ3) is 14.2. The van der Waals surface area contributed by atoms with E-state index in [1.807, 2.05) is 23.7 Å². The summed E-state index contributed by atoms with van der Waals surface area (Å²) in [5.41, 5.74) is 2.12. The van der Waals surface area contributed by atoms with Crippen LogP contribution in [0.1, 0.15) is 69.9 Å². The van der Waals surface area contributed by atoms with Crippen LogP contribution in [0.2, 0.25) is 0 Å². The van der Waals surface area contributed by atoms with Crippen LogP contribution in [0.4, 0.5) is 11.4 Å². The molecule has 0 aromatic heterocycles. The van der Waals surface area contributed by atoms with Gasteiger partial charge in [0.2, 0.25) is 5.69 Å². The standard InChI is InChI=1S/C44H60N2O15S3/c1-43(21-13-31-62(49,50)51)36-32-34(63(52,53)54)18-20-39(36)46(24-26-58-3)40(43)14-9-6-5-7-10-15-41-44(2,22-25-60-29-30-61-28-27-59-4)37-33-35(64(55,56)57)17-19-38(37)45(41)23-12-8-11-16-42(47)48/h5-7,9-10,14-15,17-20,32-33H,8,11-13,16,21-31H2,1-4H3,(H3-,47,48,49,50,51,52,53,54,55,56,57)/p-2. The van der Waals surface area contributed by atoms with Crippen LogP contribution in [0.15, 0.2) is 94.4 Å². The van der Waals surface area contributed by atoms with E-state index in [1.165, 1.54) is 37.4 Å². The largest absolute Gasteiger partial charge is 0.748 e. The molecular weight excluding hydrogens is 893 g/mol. The van der Waals surface area contributed by atoms with Crippen molar-refractivity contribution in [3.05, 3.63) is 95.8 Å². The number of unbranched alkanes of at least 4 members (excludes halogenated alkanes) is 2. The normalized spacial score (nSPS) is 19.9. The van der Waals surface area contributed by atoms with Crippen LogP contribution < -0.4 is 4.90 Å². The molecule has 2 unspecified atom stereocenters. The summed E-state index contributed by atoms with van der Waals surface area (Å²) in [5, 5.41) is 9.15. The highest BCUT2D eigenvalue weighted by Crippen LogP contribution is 2.51. The highest BCUT2D eigenvalue weighted by atomic mass is 32.2. The van der Waals surface area contributed by atoms with Crippen molar-refractivity contribution in [3.8, 4) is 0 Å². The smallest absolute Gasteiger partial charge is 0.303 e. The lowest BCUT2D eigenvalue weighted by molar-refractivity contribution is -0.441. The molecule has 20 heteroatoms. The summed E-state index contributed by atoms with van der Waals surface area (Å²) < 4.78 is 131. The van der Waals surface area contributed by atoms with Gasteiger partial charge in [-0.25, -0.2) is 25.3 Å². The molecule has 1 N–H and O–H groups in total. The van der Waals surface area contributed by atoms with Gasteiger partial charge < -0.3 is 42.6 Å². The molecule has 0 radical (unpaired) electrons. The number of methoxy groups -OCH3 is 2. The molecule has 0 amide bonds. The molecule has 0 fully saturated rings. The summed E-state index contributed by atoms with van der Waals surface area (Å²) in [5.74, 6) is -1.51. The minimum atomic E-state index is -4.83. The molecule has 17 nitrogen and oxygen atoms in total. The molecule has 2 aromatic rings. The molecule has 354 valence electrons. The Kier molecular flexibility index (Phi) is 19.2. The van der Waals surface area contributed by atoms with Gasteiger partial charge in [0.05, 0.1) is 51.8 Å². The van der Waals surface area contributed by atoms with Crippen LogP contribution in [0, 0.1) is 0 Å². The van der Waals surface area contributed by atoms with E-state index in [2.05, 4.69) is 4.90 Å². The van der Waals surface area contributed by atoms with E-state index in [9.17, 15) is 43.7 Å². The van der Waals surface area contributed by atoms with Crippen molar-refractivity contribution in [2.75, 3.05) is 77.6 Å². The van der Waals surface area contributed by atoms with Gasteiger partial charge >= 0.3 is 5.97 Å². The highest BCUT2D eigenvalue weighted by Gasteiger charge is 2.48. The van der Waals surface area contributed by atoms with Crippen molar-refractivity contribution in [2.24, 2.45) is 0 Å². The molecule has 2 heterocycles. The first-order valence-corrected chi connectivity index (χ1v) is 25.2. The van der Waals surface area contributed by atoms with Crippen LogP contribution in [-0.4, -0.2) is 133 Å². The van der Waals surface area contributed by atoms with Crippen LogP contribution in [0.25, 0.3) is 0 Å². The van der Waals surface area contributed by atoms with Crippen molar-refractivity contribution in [3.63, 3.8) is 0 Å². The van der Waals surface area contributed by atoms with Crippen molar-refractivity contribution >= 4 is 53.4 Å². The molecule has 2 aromatic carbocycles. The predicted molar refractivity (Wildman–Crippen MR) is 236 cm³/mol. The molecule has 2 atom stereocenters. The van der Waals surface area contributed by atoms with E-state index in [4.69, 9.17) is 24.1 Å². The number of carbonyl (C=O) groups is 1. The Balaban J connectivity index is 1.69. The minimum Gasteiger partial charge on any atom is -0.748 e. The number of fused-ring (bicyclic) bond motifs is 2. The average molecular weight is 951 g/mol. The number of carboxylic acids is 1. The Hall–Kier alpha value is -4.09. The molecule has 2 aliphatic heterocycles. The fourth-order valence-corrected chi connectivity index (χ4v) is 9.61. The second-order valence-corrected chi connectivity index (χ2v) is 20.1. The second-order valence-electron chi connectivity index (χ2n) is 15.8. The van der Waals surface area contributed by atoms with E-state index < -0.39 is 57.8 Å². The number of rotatable bonds is 28. The number of benzene rings is 2. The van der Waals surface area contributed by atoms with E-state index >= 15 is 0 Å². The lowest BCUT2D eigenvalue weighted by Gasteiger charge is -2.30. The van der Waals surface area contributed by atoms with Gasteiger partial charge in [0.25, 0.3) is 0 Å². The molecule has 0 spiro atoms. The third-order valence-corrected chi connectivity index (χ3v) is 13.8. The van der Waals surface area contributed by atoms with Crippen LogP contribution >= 0.6 is 0 Å². The van der Waals surface area contributed by atoms with Crippen LogP contribution in [0.3, 0.4) is 0 Å². The molecule has 64 heavy (non-hydrogen) atoms. The summed E-state index contributed by atoms with van der Waals surface area (Å²) in [6.07, 6.45) is 14.9. The summed E-state index contributed by atoms with van der Waals surface area (Å²) in [4.78, 5) is 12.4. The average Bonchev–Trinajstić information content (AvgIpc) is 3.58. The molecule has 4 rings (SSSR count). The topological polar surface area (TPSA) is 252 Å². The van der Waals surface area contributed by atoms with Crippen LogP contribution in [0.5, 0.6) is 0 Å². The Labute approximate surface area is 377 Å². The van der Waals surface area contributed by atoms with Gasteiger partial charge in [0, 0.05) is 74.1 Å². The van der Waals surface area contributed by atoms with Gasteiger partial charge in [-0.3, -0.25) is 4.79 Å². The van der Waals surface area contributed by atoms with Gasteiger partial charge in [0.1, 0.15) is 26.8 Å². The maximum Gasteiger partial charge on any atom is 0.303 e. The van der Waals surface area contributed by atoms with Crippen LogP contribution in [-0.2, 0) is 64.9 Å². The van der Waals surface area contributed by atoms with Crippen molar-refractivity contribution in [2.45, 2.75) is 79.4 Å². The SMILES string of the molecule is COCCOCCOCCC1(C)\C(=C/C=C/C=C/C=C/C2=[N+](CCOC)c3ccc(S(=O)(=O)[O-])cc3C2(C)CCCS(=O)(=O)[O-])N(CCCCCC(=O)O)c2ccc(S(=O)(=O)[O-])cc21. The lowest BCUT2D eigenvalue weighted by atomic mass is 9.76. The first-order valence-electron chi connectivity index (χ1n) is 20.8. The summed E-state index contributed by atoms with van der Waals surface area (Å²) in [7, 11) is -11.0. The molecule has 2 aliphatic rings.